The molecule has 0 aliphatic carbocycles. The molecular formula is C26H23ClN4O4. The van der Waals surface area contributed by atoms with Crippen LogP contribution in [0.3, 0.4) is 0 Å². The van der Waals surface area contributed by atoms with Crippen molar-refractivity contribution < 1.29 is 14.5 Å². The fourth-order valence-electron chi connectivity index (χ4n) is 3.62. The van der Waals surface area contributed by atoms with Crippen molar-refractivity contribution in [3.8, 4) is 5.75 Å². The predicted molar refractivity (Wildman–Crippen MR) is 134 cm³/mol. The van der Waals surface area contributed by atoms with E-state index in [0.29, 0.717) is 34.3 Å². The molecule has 1 heterocycles. The number of carbonyl (C=O) groups excluding carboxylic acids is 1. The van der Waals surface area contributed by atoms with Crippen molar-refractivity contribution in [1.82, 2.24) is 9.78 Å². The van der Waals surface area contributed by atoms with Gasteiger partial charge in [0, 0.05) is 34.0 Å². The number of amides is 1. The van der Waals surface area contributed by atoms with Gasteiger partial charge in [0.2, 0.25) is 0 Å². The number of aromatic nitrogens is 2. The minimum Gasteiger partial charge on any atom is -0.489 e. The summed E-state index contributed by atoms with van der Waals surface area (Å²) in [7, 11) is 0. The number of benzene rings is 3. The van der Waals surface area contributed by atoms with E-state index in [1.807, 2.05) is 43.3 Å². The second-order valence-corrected chi connectivity index (χ2v) is 8.54. The second kappa shape index (κ2) is 10.4. The third kappa shape index (κ3) is 6.04. The molecule has 8 nitrogen and oxygen atoms in total. The van der Waals surface area contributed by atoms with E-state index in [-0.39, 0.29) is 18.2 Å². The van der Waals surface area contributed by atoms with Crippen molar-refractivity contribution in [2.24, 2.45) is 0 Å². The van der Waals surface area contributed by atoms with Crippen molar-refractivity contribution in [3.05, 3.63) is 116 Å². The van der Waals surface area contributed by atoms with Gasteiger partial charge in [-0.1, -0.05) is 35.9 Å². The summed E-state index contributed by atoms with van der Waals surface area (Å²) in [4.78, 5) is 23.4. The SMILES string of the molecule is Cc1cc(OCc2cccc(C(=O)Nc3cc(C)n(Cc4cccc(Cl)c4)n3)c2)ccc1[N+](=O)[O-]. The molecule has 0 saturated carbocycles. The quantitative estimate of drug-likeness (QED) is 0.243. The van der Waals surface area contributed by atoms with E-state index in [0.717, 1.165) is 16.8 Å². The van der Waals surface area contributed by atoms with Crippen LogP contribution in [-0.2, 0) is 13.2 Å². The van der Waals surface area contributed by atoms with Crippen LogP contribution in [0.25, 0.3) is 0 Å². The van der Waals surface area contributed by atoms with E-state index in [9.17, 15) is 14.9 Å². The Morgan fingerprint density at radius 1 is 1.06 bits per heavy atom. The molecule has 0 bridgehead atoms. The molecule has 0 radical (unpaired) electrons. The van der Waals surface area contributed by atoms with Crippen LogP contribution in [0.4, 0.5) is 11.5 Å². The Hall–Kier alpha value is -4.17. The molecule has 0 atom stereocenters. The van der Waals surface area contributed by atoms with Gasteiger partial charge in [0.25, 0.3) is 11.6 Å². The molecule has 1 amide bonds. The van der Waals surface area contributed by atoms with Crippen LogP contribution in [0.1, 0.15) is 32.7 Å². The first-order chi connectivity index (χ1) is 16.8. The van der Waals surface area contributed by atoms with Crippen LogP contribution < -0.4 is 10.1 Å². The van der Waals surface area contributed by atoms with E-state index in [1.54, 1.807) is 41.9 Å². The maximum absolute atomic E-state index is 12.8. The molecule has 35 heavy (non-hydrogen) atoms. The summed E-state index contributed by atoms with van der Waals surface area (Å²) in [5, 5.41) is 19.0. The van der Waals surface area contributed by atoms with Gasteiger partial charge in [-0.25, -0.2) is 0 Å². The lowest BCUT2D eigenvalue weighted by atomic mass is 10.1. The molecule has 1 aromatic heterocycles. The highest BCUT2D eigenvalue weighted by Gasteiger charge is 2.13. The Kier molecular flexibility index (Phi) is 7.12. The normalized spacial score (nSPS) is 10.7. The van der Waals surface area contributed by atoms with Gasteiger partial charge in [-0.2, -0.15) is 5.10 Å². The first-order valence-corrected chi connectivity index (χ1v) is 11.2. The summed E-state index contributed by atoms with van der Waals surface area (Å²) < 4.78 is 7.57. The number of nitrogens with zero attached hydrogens (tertiary/aromatic N) is 3. The van der Waals surface area contributed by atoms with Gasteiger partial charge in [0.1, 0.15) is 12.4 Å². The molecular weight excluding hydrogens is 468 g/mol. The number of ether oxygens (including phenoxy) is 1. The van der Waals surface area contributed by atoms with E-state index < -0.39 is 4.92 Å². The molecule has 0 aliphatic rings. The fraction of sp³-hybridized carbons (Fsp3) is 0.154. The van der Waals surface area contributed by atoms with Gasteiger partial charge >= 0.3 is 0 Å². The van der Waals surface area contributed by atoms with Crippen molar-refractivity contribution in [2.75, 3.05) is 5.32 Å². The number of hydrogen-bond donors (Lipinski definition) is 1. The van der Waals surface area contributed by atoms with Crippen molar-refractivity contribution in [2.45, 2.75) is 27.0 Å². The lowest BCUT2D eigenvalue weighted by Crippen LogP contribution is -2.13. The van der Waals surface area contributed by atoms with Crippen molar-refractivity contribution in [3.63, 3.8) is 0 Å². The molecule has 9 heteroatoms. The third-order valence-electron chi connectivity index (χ3n) is 5.40. The van der Waals surface area contributed by atoms with Gasteiger partial charge < -0.3 is 10.1 Å². The number of nitro benzene ring substituents is 1. The molecule has 3 aromatic carbocycles. The van der Waals surface area contributed by atoms with E-state index in [2.05, 4.69) is 10.4 Å². The Bertz CT molecular complexity index is 1400. The number of halogens is 1. The molecule has 0 spiro atoms. The fourth-order valence-corrected chi connectivity index (χ4v) is 3.83. The topological polar surface area (TPSA) is 99.3 Å². The lowest BCUT2D eigenvalue weighted by Gasteiger charge is -2.09. The highest BCUT2D eigenvalue weighted by molar-refractivity contribution is 6.30. The monoisotopic (exact) mass is 490 g/mol. The average Bonchev–Trinajstić information content (AvgIpc) is 3.16. The van der Waals surface area contributed by atoms with E-state index >= 15 is 0 Å². The van der Waals surface area contributed by atoms with Gasteiger partial charge in [0.05, 0.1) is 11.5 Å². The third-order valence-corrected chi connectivity index (χ3v) is 5.64. The first-order valence-electron chi connectivity index (χ1n) is 10.9. The number of nitrogens with one attached hydrogen (secondary N) is 1. The second-order valence-electron chi connectivity index (χ2n) is 8.11. The first kappa shape index (κ1) is 24.0. The Balaban J connectivity index is 1.40. The highest BCUT2D eigenvalue weighted by Crippen LogP contribution is 2.24. The molecule has 4 rings (SSSR count). The van der Waals surface area contributed by atoms with Crippen LogP contribution in [0.2, 0.25) is 5.02 Å². The van der Waals surface area contributed by atoms with Crippen LogP contribution in [0.5, 0.6) is 5.75 Å². The summed E-state index contributed by atoms with van der Waals surface area (Å²) in [6.07, 6.45) is 0. The molecule has 0 unspecified atom stereocenters. The summed E-state index contributed by atoms with van der Waals surface area (Å²) in [5.74, 6) is 0.687. The minimum atomic E-state index is -0.428. The Labute approximate surface area is 207 Å². The number of carbonyl (C=O) groups is 1. The molecule has 0 aliphatic heterocycles. The zero-order valence-electron chi connectivity index (χ0n) is 19.2. The predicted octanol–water partition coefficient (Wildman–Crippen LogP) is 5.94. The number of hydrogen-bond acceptors (Lipinski definition) is 5. The maximum atomic E-state index is 12.8. The number of rotatable bonds is 8. The lowest BCUT2D eigenvalue weighted by molar-refractivity contribution is -0.385. The van der Waals surface area contributed by atoms with Gasteiger partial charge in [-0.3, -0.25) is 19.6 Å². The van der Waals surface area contributed by atoms with Gasteiger partial charge in [-0.15, -0.1) is 0 Å². The minimum absolute atomic E-state index is 0.0428. The van der Waals surface area contributed by atoms with Crippen LogP contribution in [0, 0.1) is 24.0 Å². The van der Waals surface area contributed by atoms with Crippen LogP contribution in [0.15, 0.2) is 72.8 Å². The molecule has 4 aromatic rings. The van der Waals surface area contributed by atoms with E-state index in [4.69, 9.17) is 16.3 Å². The number of aryl methyl sites for hydroxylation is 2. The smallest absolute Gasteiger partial charge is 0.272 e. The van der Waals surface area contributed by atoms with Crippen LogP contribution in [-0.4, -0.2) is 20.6 Å². The van der Waals surface area contributed by atoms with Gasteiger partial charge in [-0.05, 0) is 61.4 Å². The molecule has 178 valence electrons. The Morgan fingerprint density at radius 3 is 2.57 bits per heavy atom. The van der Waals surface area contributed by atoms with Crippen LogP contribution >= 0.6 is 11.6 Å². The van der Waals surface area contributed by atoms with Gasteiger partial charge in [0.15, 0.2) is 5.82 Å². The zero-order chi connectivity index (χ0) is 24.9. The maximum Gasteiger partial charge on any atom is 0.272 e. The average molecular weight is 491 g/mol. The van der Waals surface area contributed by atoms with Crippen molar-refractivity contribution >= 4 is 29.0 Å². The molecule has 0 saturated heterocycles. The zero-order valence-corrected chi connectivity index (χ0v) is 20.0. The molecule has 1 N–H and O–H groups in total. The van der Waals surface area contributed by atoms with E-state index in [1.165, 1.54) is 6.07 Å². The standard InChI is InChI=1S/C26H23ClN4O4/c1-17-11-23(9-10-24(17)31(33)34)35-16-20-6-3-7-21(13-20)26(32)28-25-12-18(2)30(29-25)15-19-5-4-8-22(27)14-19/h3-14H,15-16H2,1-2H3,(H,28,29,32). The number of nitro groups is 1. The highest BCUT2D eigenvalue weighted by atomic mass is 35.5. The Morgan fingerprint density at radius 2 is 1.83 bits per heavy atom. The largest absolute Gasteiger partial charge is 0.489 e. The summed E-state index contributed by atoms with van der Waals surface area (Å²) in [5.41, 5.74) is 3.73. The summed E-state index contributed by atoms with van der Waals surface area (Å²) >= 11 is 6.07. The summed E-state index contributed by atoms with van der Waals surface area (Å²) in [6.45, 7) is 4.34. The molecule has 0 fully saturated rings. The summed E-state index contributed by atoms with van der Waals surface area (Å²) in [6, 6.07) is 21.0. The van der Waals surface area contributed by atoms with Crippen molar-refractivity contribution in [1.29, 1.82) is 0 Å². The number of anilines is 1.